The maximum atomic E-state index is 13.6. The number of cyclic esters (lactones) is 1. The molecule has 3 fully saturated rings. The molecule has 1 aliphatic heterocycles. The summed E-state index contributed by atoms with van der Waals surface area (Å²) in [7, 11) is 0. The molecular weight excluding hydrogens is 376 g/mol. The highest BCUT2D eigenvalue weighted by molar-refractivity contribution is 5.91. The molecule has 1 N–H and O–H groups in total. The Labute approximate surface area is 169 Å². The largest absolute Gasteiger partial charge is 0.472 e. The van der Waals surface area contributed by atoms with Gasteiger partial charge in [-0.25, -0.2) is 0 Å². The number of hydrogen-bond acceptors (Lipinski definition) is 7. The number of hydrogen-bond donors (Lipinski definition) is 1. The molecule has 3 aliphatic rings. The van der Waals surface area contributed by atoms with E-state index in [1.165, 1.54) is 13.2 Å². The van der Waals surface area contributed by atoms with Crippen molar-refractivity contribution < 1.29 is 33.4 Å². The highest BCUT2D eigenvalue weighted by Gasteiger charge is 2.66. The van der Waals surface area contributed by atoms with Gasteiger partial charge >= 0.3 is 11.9 Å². The van der Waals surface area contributed by atoms with Gasteiger partial charge in [0.25, 0.3) is 0 Å². The fourth-order valence-electron chi connectivity index (χ4n) is 6.35. The van der Waals surface area contributed by atoms with Gasteiger partial charge in [-0.15, -0.1) is 0 Å². The summed E-state index contributed by atoms with van der Waals surface area (Å²) in [6.07, 6.45) is 3.79. The van der Waals surface area contributed by atoms with Crippen LogP contribution in [0.5, 0.6) is 0 Å². The van der Waals surface area contributed by atoms with Crippen LogP contribution in [0.4, 0.5) is 0 Å². The van der Waals surface area contributed by atoms with Gasteiger partial charge in [-0.3, -0.25) is 14.4 Å². The Morgan fingerprint density at radius 3 is 2.69 bits per heavy atom. The number of aliphatic hydroxyl groups excluding tert-OH is 1. The van der Waals surface area contributed by atoms with E-state index in [-0.39, 0.29) is 24.3 Å². The Bertz CT molecular complexity index is 815. The average molecular weight is 404 g/mol. The van der Waals surface area contributed by atoms with Crippen molar-refractivity contribution in [3.05, 3.63) is 24.2 Å². The highest BCUT2D eigenvalue weighted by atomic mass is 16.6. The number of furan rings is 1. The summed E-state index contributed by atoms with van der Waals surface area (Å²) in [6, 6.07) is 1.77. The molecule has 0 radical (unpaired) electrons. The van der Waals surface area contributed by atoms with Crippen molar-refractivity contribution in [1.29, 1.82) is 0 Å². The van der Waals surface area contributed by atoms with E-state index in [1.807, 2.05) is 13.8 Å². The fraction of sp³-hybridized carbons (Fsp3) is 0.682. The number of aliphatic hydroxyl groups is 1. The van der Waals surface area contributed by atoms with E-state index in [0.29, 0.717) is 25.7 Å². The number of esters is 2. The van der Waals surface area contributed by atoms with Crippen LogP contribution in [0.2, 0.25) is 0 Å². The molecule has 2 heterocycles. The smallest absolute Gasteiger partial charge is 0.310 e. The van der Waals surface area contributed by atoms with Crippen molar-refractivity contribution in [2.75, 3.05) is 6.61 Å². The lowest BCUT2D eigenvalue weighted by Crippen LogP contribution is -2.64. The number of fused-ring (bicyclic) bond motifs is 3. The van der Waals surface area contributed by atoms with E-state index in [1.54, 1.807) is 12.3 Å². The summed E-state index contributed by atoms with van der Waals surface area (Å²) < 4.78 is 16.2. The molecule has 2 saturated carbocycles. The zero-order valence-electron chi connectivity index (χ0n) is 17.1. The Morgan fingerprint density at radius 1 is 1.31 bits per heavy atom. The van der Waals surface area contributed by atoms with Gasteiger partial charge in [0, 0.05) is 25.0 Å². The van der Waals surface area contributed by atoms with Gasteiger partial charge in [0.2, 0.25) is 0 Å². The number of ether oxygens (including phenoxy) is 2. The normalized spacial score (nSPS) is 41.9. The number of rotatable bonds is 3. The maximum absolute atomic E-state index is 13.6. The minimum atomic E-state index is -0.886. The number of carbonyl (C=O) groups excluding carboxylic acids is 3. The van der Waals surface area contributed by atoms with E-state index in [0.717, 1.165) is 5.56 Å². The lowest BCUT2D eigenvalue weighted by atomic mass is 9.43. The lowest BCUT2D eigenvalue weighted by molar-refractivity contribution is -0.209. The van der Waals surface area contributed by atoms with Crippen LogP contribution in [0.1, 0.15) is 58.1 Å². The summed E-state index contributed by atoms with van der Waals surface area (Å²) in [5.41, 5.74) is -0.358. The van der Waals surface area contributed by atoms with Crippen LogP contribution in [0, 0.1) is 28.6 Å². The molecular formula is C22H28O7. The molecule has 7 heteroatoms. The molecule has 4 rings (SSSR count). The van der Waals surface area contributed by atoms with E-state index >= 15 is 0 Å². The van der Waals surface area contributed by atoms with Crippen LogP contribution in [-0.2, 0) is 23.9 Å². The molecule has 7 atom stereocenters. The predicted octanol–water partition coefficient (Wildman–Crippen LogP) is 2.82. The first-order chi connectivity index (χ1) is 13.7. The molecule has 0 amide bonds. The van der Waals surface area contributed by atoms with Gasteiger partial charge in [0.15, 0.2) is 11.9 Å². The molecule has 1 aromatic heterocycles. The second kappa shape index (κ2) is 6.97. The van der Waals surface area contributed by atoms with Crippen molar-refractivity contribution in [2.24, 2.45) is 28.6 Å². The Hall–Kier alpha value is -2.15. The van der Waals surface area contributed by atoms with Crippen LogP contribution in [0.25, 0.3) is 0 Å². The molecule has 0 spiro atoms. The van der Waals surface area contributed by atoms with Crippen LogP contribution >= 0.6 is 0 Å². The van der Waals surface area contributed by atoms with Crippen molar-refractivity contribution in [1.82, 2.24) is 0 Å². The summed E-state index contributed by atoms with van der Waals surface area (Å²) in [4.78, 5) is 38.1. The van der Waals surface area contributed by atoms with Gasteiger partial charge < -0.3 is 19.0 Å². The van der Waals surface area contributed by atoms with Crippen LogP contribution in [0.15, 0.2) is 23.0 Å². The maximum Gasteiger partial charge on any atom is 0.310 e. The summed E-state index contributed by atoms with van der Waals surface area (Å²) in [5, 5.41) is 10.1. The molecule has 29 heavy (non-hydrogen) atoms. The van der Waals surface area contributed by atoms with Gasteiger partial charge in [-0.05, 0) is 48.5 Å². The Kier molecular flexibility index (Phi) is 4.84. The molecule has 0 aromatic carbocycles. The number of ketones is 1. The minimum absolute atomic E-state index is 0.0889. The minimum Gasteiger partial charge on any atom is -0.472 e. The van der Waals surface area contributed by atoms with E-state index in [4.69, 9.17) is 13.9 Å². The quantitative estimate of drug-likeness (QED) is 0.773. The molecule has 2 aliphatic carbocycles. The lowest BCUT2D eigenvalue weighted by Gasteiger charge is -2.61. The van der Waals surface area contributed by atoms with Gasteiger partial charge in [-0.2, -0.15) is 0 Å². The molecule has 158 valence electrons. The van der Waals surface area contributed by atoms with Crippen molar-refractivity contribution in [3.63, 3.8) is 0 Å². The van der Waals surface area contributed by atoms with E-state index in [9.17, 15) is 19.5 Å². The molecule has 1 saturated heterocycles. The molecule has 7 nitrogen and oxygen atoms in total. The first-order valence-electron chi connectivity index (χ1n) is 10.2. The first-order valence-corrected chi connectivity index (χ1v) is 10.2. The number of Topliss-reactive ketones (excluding diaryl/α,β-unsaturated/α-hetero) is 1. The molecule has 1 aromatic rings. The van der Waals surface area contributed by atoms with E-state index < -0.39 is 40.8 Å². The third-order valence-electron chi connectivity index (χ3n) is 7.73. The summed E-state index contributed by atoms with van der Waals surface area (Å²) in [5.74, 6) is -2.04. The van der Waals surface area contributed by atoms with Crippen molar-refractivity contribution in [3.8, 4) is 0 Å². The van der Waals surface area contributed by atoms with Gasteiger partial charge in [-0.1, -0.05) is 13.8 Å². The van der Waals surface area contributed by atoms with Crippen molar-refractivity contribution in [2.45, 2.75) is 58.7 Å². The third kappa shape index (κ3) is 3.01. The van der Waals surface area contributed by atoms with Gasteiger partial charge in [0.1, 0.15) is 6.10 Å². The number of carbonyl (C=O) groups is 3. The van der Waals surface area contributed by atoms with Crippen molar-refractivity contribution >= 4 is 17.7 Å². The highest BCUT2D eigenvalue weighted by Crippen LogP contribution is 2.64. The second-order valence-corrected chi connectivity index (χ2v) is 9.34. The van der Waals surface area contributed by atoms with Gasteiger partial charge in [0.05, 0.1) is 18.4 Å². The zero-order valence-corrected chi connectivity index (χ0v) is 17.1. The monoisotopic (exact) mass is 404 g/mol. The Morgan fingerprint density at radius 2 is 2.07 bits per heavy atom. The summed E-state index contributed by atoms with van der Waals surface area (Å²) in [6.45, 7) is 5.21. The molecule has 0 bridgehead atoms. The van der Waals surface area contributed by atoms with Crippen LogP contribution in [-0.4, -0.2) is 35.5 Å². The third-order valence-corrected chi connectivity index (χ3v) is 7.73. The topological polar surface area (TPSA) is 103 Å². The van der Waals surface area contributed by atoms with E-state index in [2.05, 4.69) is 0 Å². The standard InChI is InChI=1S/C22H28O7/c1-12(24)28-16-8-14(10-23)21(2)6-4-15-20(26)29-17(13-5-7-27-11-13)9-22(15,3)19(21)18(16)25/h5,7,11,14-17,19,23H,4,6,8-10H2,1-3H3/t14-,15-,16-,17-,19?,21-,22-/m0/s1. The first kappa shape index (κ1) is 20.1. The average Bonchev–Trinajstić information content (AvgIpc) is 3.17. The van der Waals surface area contributed by atoms with Crippen LogP contribution < -0.4 is 0 Å². The van der Waals surface area contributed by atoms with Crippen LogP contribution in [0.3, 0.4) is 0 Å². The second-order valence-electron chi connectivity index (χ2n) is 9.34. The SMILES string of the molecule is CC(=O)O[C@H]1C[C@@H](CO)[C@]2(C)CC[C@H]3C(=O)O[C@H](c4ccoc4)C[C@]3(C)C2C1=O. The predicted molar refractivity (Wildman–Crippen MR) is 100 cm³/mol. The zero-order chi connectivity index (χ0) is 21.0. The molecule has 1 unspecified atom stereocenters. The fourth-order valence-corrected chi connectivity index (χ4v) is 6.35. The summed E-state index contributed by atoms with van der Waals surface area (Å²) >= 11 is 0. The Balaban J connectivity index is 1.76.